The van der Waals surface area contributed by atoms with Crippen LogP contribution in [0.15, 0.2) is 48.5 Å². The predicted molar refractivity (Wildman–Crippen MR) is 91.8 cm³/mol. The number of nitrogen functional groups attached to an aromatic ring is 1. The summed E-state index contributed by atoms with van der Waals surface area (Å²) < 4.78 is 39.4. The Labute approximate surface area is 143 Å². The van der Waals surface area contributed by atoms with Gasteiger partial charge < -0.3 is 5.73 Å². The second kappa shape index (κ2) is 6.20. The van der Waals surface area contributed by atoms with Gasteiger partial charge in [-0.3, -0.25) is 0 Å². The molecule has 0 saturated carbocycles. The van der Waals surface area contributed by atoms with Crippen LogP contribution in [-0.2, 0) is 6.18 Å². The van der Waals surface area contributed by atoms with Gasteiger partial charge in [-0.25, -0.2) is 9.97 Å². The van der Waals surface area contributed by atoms with E-state index >= 15 is 0 Å². The third-order valence-corrected chi connectivity index (χ3v) is 3.86. The van der Waals surface area contributed by atoms with Crippen molar-refractivity contribution >= 4 is 5.82 Å². The van der Waals surface area contributed by atoms with Crippen LogP contribution in [0.5, 0.6) is 0 Å². The number of hydrogen-bond donors (Lipinski definition) is 1. The lowest BCUT2D eigenvalue weighted by molar-refractivity contribution is -0.144. The summed E-state index contributed by atoms with van der Waals surface area (Å²) in [5.41, 5.74) is 9.74. The lowest BCUT2D eigenvalue weighted by Crippen LogP contribution is -2.14. The maximum atomic E-state index is 13.1. The molecule has 3 nitrogen and oxygen atoms in total. The molecule has 0 saturated heterocycles. The third-order valence-electron chi connectivity index (χ3n) is 3.86. The van der Waals surface area contributed by atoms with Gasteiger partial charge in [0, 0.05) is 5.56 Å². The molecule has 0 fully saturated rings. The van der Waals surface area contributed by atoms with E-state index in [4.69, 9.17) is 5.73 Å². The first-order valence-electron chi connectivity index (χ1n) is 7.64. The smallest absolute Gasteiger partial charge is 0.383 e. The minimum atomic E-state index is -4.67. The van der Waals surface area contributed by atoms with Crippen molar-refractivity contribution in [1.82, 2.24) is 9.97 Å². The molecule has 0 aliphatic rings. The molecule has 0 unspecified atom stereocenters. The molecule has 1 heterocycles. The molecule has 3 aromatic rings. The van der Waals surface area contributed by atoms with E-state index in [9.17, 15) is 13.2 Å². The molecule has 2 aromatic carbocycles. The Balaban J connectivity index is 2.29. The van der Waals surface area contributed by atoms with E-state index in [1.54, 1.807) is 24.3 Å². The van der Waals surface area contributed by atoms with E-state index in [2.05, 4.69) is 9.97 Å². The summed E-state index contributed by atoms with van der Waals surface area (Å²) >= 11 is 0. The van der Waals surface area contributed by atoms with Crippen LogP contribution in [0.2, 0.25) is 0 Å². The van der Waals surface area contributed by atoms with E-state index < -0.39 is 12.0 Å². The molecule has 0 spiro atoms. The van der Waals surface area contributed by atoms with Crippen molar-refractivity contribution in [3.8, 4) is 22.4 Å². The molecule has 25 heavy (non-hydrogen) atoms. The van der Waals surface area contributed by atoms with E-state index in [1.807, 2.05) is 38.1 Å². The second-order valence-electron chi connectivity index (χ2n) is 5.89. The zero-order valence-corrected chi connectivity index (χ0v) is 13.7. The van der Waals surface area contributed by atoms with Crippen molar-refractivity contribution in [1.29, 1.82) is 0 Å². The van der Waals surface area contributed by atoms with Crippen molar-refractivity contribution in [2.75, 3.05) is 5.73 Å². The normalized spacial score (nSPS) is 11.6. The Kier molecular flexibility index (Phi) is 4.20. The Morgan fingerprint density at radius 2 is 1.24 bits per heavy atom. The summed E-state index contributed by atoms with van der Waals surface area (Å²) in [5.74, 6) is -1.43. The highest BCUT2D eigenvalue weighted by Crippen LogP contribution is 2.37. The van der Waals surface area contributed by atoms with Gasteiger partial charge in [0.05, 0.1) is 11.3 Å². The molecule has 0 atom stereocenters. The van der Waals surface area contributed by atoms with Crippen LogP contribution >= 0.6 is 0 Å². The second-order valence-corrected chi connectivity index (χ2v) is 5.89. The summed E-state index contributed by atoms with van der Waals surface area (Å²) in [7, 11) is 0. The van der Waals surface area contributed by atoms with Crippen molar-refractivity contribution in [3.05, 3.63) is 65.5 Å². The number of nitrogens with zero attached hydrogens (tertiary/aromatic N) is 2. The molecular formula is C19H16F3N3. The van der Waals surface area contributed by atoms with Gasteiger partial charge in [-0.2, -0.15) is 13.2 Å². The Morgan fingerprint density at radius 3 is 1.72 bits per heavy atom. The van der Waals surface area contributed by atoms with Crippen LogP contribution < -0.4 is 5.73 Å². The molecule has 0 bridgehead atoms. The monoisotopic (exact) mass is 343 g/mol. The van der Waals surface area contributed by atoms with Crippen molar-refractivity contribution in [2.24, 2.45) is 0 Å². The minimum absolute atomic E-state index is 0.170. The number of aromatic nitrogens is 2. The quantitative estimate of drug-likeness (QED) is 0.710. The SMILES string of the molecule is Cc1ccc(-c2nc(C(F)(F)F)nc(N)c2-c2ccc(C)cc2)cc1. The molecule has 1 aromatic heterocycles. The molecular weight excluding hydrogens is 327 g/mol. The highest BCUT2D eigenvalue weighted by Gasteiger charge is 2.36. The number of nitrogens with two attached hydrogens (primary N) is 1. The molecule has 6 heteroatoms. The summed E-state index contributed by atoms with van der Waals surface area (Å²) in [5, 5.41) is 0. The van der Waals surface area contributed by atoms with Gasteiger partial charge in [-0.1, -0.05) is 59.7 Å². The Bertz CT molecular complexity index is 899. The molecule has 0 radical (unpaired) electrons. The fourth-order valence-electron chi connectivity index (χ4n) is 2.53. The van der Waals surface area contributed by atoms with Crippen LogP contribution in [-0.4, -0.2) is 9.97 Å². The first-order valence-corrected chi connectivity index (χ1v) is 7.64. The molecule has 128 valence electrons. The zero-order valence-electron chi connectivity index (χ0n) is 13.7. The Hall–Kier alpha value is -2.89. The minimum Gasteiger partial charge on any atom is -0.383 e. The number of alkyl halides is 3. The lowest BCUT2D eigenvalue weighted by atomic mass is 9.98. The number of anilines is 1. The molecule has 0 aliphatic carbocycles. The van der Waals surface area contributed by atoms with Crippen LogP contribution in [0.4, 0.5) is 19.0 Å². The van der Waals surface area contributed by atoms with E-state index in [0.29, 0.717) is 16.7 Å². The Morgan fingerprint density at radius 1 is 0.760 bits per heavy atom. The fraction of sp³-hybridized carbons (Fsp3) is 0.158. The molecule has 0 amide bonds. The van der Waals surface area contributed by atoms with Gasteiger partial charge in [-0.05, 0) is 19.4 Å². The van der Waals surface area contributed by atoms with Crippen LogP contribution in [0.3, 0.4) is 0 Å². The van der Waals surface area contributed by atoms with Gasteiger partial charge in [0.15, 0.2) is 0 Å². The van der Waals surface area contributed by atoms with Crippen molar-refractivity contribution < 1.29 is 13.2 Å². The largest absolute Gasteiger partial charge is 0.451 e. The predicted octanol–water partition coefficient (Wildman–Crippen LogP) is 5.03. The maximum absolute atomic E-state index is 13.1. The number of benzene rings is 2. The van der Waals surface area contributed by atoms with Crippen molar-refractivity contribution in [3.63, 3.8) is 0 Å². The van der Waals surface area contributed by atoms with Crippen molar-refractivity contribution in [2.45, 2.75) is 20.0 Å². The number of halogens is 3. The first-order chi connectivity index (χ1) is 11.8. The van der Waals surface area contributed by atoms with Crippen LogP contribution in [0.25, 0.3) is 22.4 Å². The van der Waals surface area contributed by atoms with E-state index in [1.165, 1.54) is 0 Å². The van der Waals surface area contributed by atoms with Gasteiger partial charge in [-0.15, -0.1) is 0 Å². The average molecular weight is 343 g/mol. The highest BCUT2D eigenvalue weighted by atomic mass is 19.4. The van der Waals surface area contributed by atoms with E-state index in [-0.39, 0.29) is 11.5 Å². The van der Waals surface area contributed by atoms with Gasteiger partial charge in [0.2, 0.25) is 5.82 Å². The van der Waals surface area contributed by atoms with Gasteiger partial charge in [0.1, 0.15) is 5.82 Å². The van der Waals surface area contributed by atoms with Gasteiger partial charge >= 0.3 is 6.18 Å². The maximum Gasteiger partial charge on any atom is 0.451 e. The van der Waals surface area contributed by atoms with Crippen LogP contribution in [0.1, 0.15) is 17.0 Å². The van der Waals surface area contributed by atoms with E-state index in [0.717, 1.165) is 11.1 Å². The summed E-state index contributed by atoms with van der Waals surface area (Å²) in [6.07, 6.45) is -4.67. The fourth-order valence-corrected chi connectivity index (χ4v) is 2.53. The van der Waals surface area contributed by atoms with Crippen LogP contribution in [0, 0.1) is 13.8 Å². The number of aryl methyl sites for hydroxylation is 2. The van der Waals surface area contributed by atoms with Gasteiger partial charge in [0.25, 0.3) is 0 Å². The topological polar surface area (TPSA) is 51.8 Å². The standard InChI is InChI=1S/C19H16F3N3/c1-11-3-7-13(8-4-11)15-16(14-9-5-12(2)6-10-14)24-18(19(20,21)22)25-17(15)23/h3-10H,1-2H3,(H2,23,24,25). The molecule has 3 rings (SSSR count). The summed E-state index contributed by atoms with van der Waals surface area (Å²) in [6.45, 7) is 3.83. The molecule has 0 aliphatic heterocycles. The number of hydrogen-bond acceptors (Lipinski definition) is 3. The first kappa shape index (κ1) is 17.0. The summed E-state index contributed by atoms with van der Waals surface area (Å²) in [4.78, 5) is 7.28. The zero-order chi connectivity index (χ0) is 18.2. The number of rotatable bonds is 2. The molecule has 2 N–H and O–H groups in total. The highest BCUT2D eigenvalue weighted by molar-refractivity contribution is 5.87. The lowest BCUT2D eigenvalue weighted by Gasteiger charge is -2.15. The average Bonchev–Trinajstić information content (AvgIpc) is 2.55. The summed E-state index contributed by atoms with van der Waals surface area (Å²) in [6, 6.07) is 14.4. The third kappa shape index (κ3) is 3.47.